The van der Waals surface area contributed by atoms with E-state index in [-0.39, 0.29) is 11.5 Å². The number of nitrogens with two attached hydrogens (primary N) is 1. The molecule has 0 spiro atoms. The SMILES string of the molecule is Cc1cn(N=Cc2cc(F)c(O)c(F)c2O)c(N)n1. The monoisotopic (exact) mass is 268 g/mol. The lowest BCUT2D eigenvalue weighted by atomic mass is 10.2. The third-order valence-electron chi connectivity index (χ3n) is 2.35. The first kappa shape index (κ1) is 12.8. The number of hydrogen-bond donors (Lipinski definition) is 3. The summed E-state index contributed by atoms with van der Waals surface area (Å²) in [5.41, 5.74) is 5.89. The van der Waals surface area contributed by atoms with Crippen LogP contribution in [0, 0.1) is 18.6 Å². The highest BCUT2D eigenvalue weighted by Gasteiger charge is 2.16. The first-order valence-electron chi connectivity index (χ1n) is 5.16. The minimum Gasteiger partial charge on any atom is -0.504 e. The number of imidazole rings is 1. The molecule has 0 amide bonds. The van der Waals surface area contributed by atoms with Crippen LogP contribution < -0.4 is 5.73 Å². The molecule has 0 aliphatic rings. The van der Waals surface area contributed by atoms with Crippen LogP contribution in [-0.4, -0.2) is 26.1 Å². The Balaban J connectivity index is 2.42. The van der Waals surface area contributed by atoms with Gasteiger partial charge in [-0.15, -0.1) is 0 Å². The van der Waals surface area contributed by atoms with Crippen LogP contribution in [0.5, 0.6) is 11.5 Å². The number of nitrogen functional groups attached to an aromatic ring is 1. The van der Waals surface area contributed by atoms with Crippen molar-refractivity contribution in [3.8, 4) is 11.5 Å². The van der Waals surface area contributed by atoms with Crippen molar-refractivity contribution in [2.75, 3.05) is 5.73 Å². The molecule has 1 aromatic carbocycles. The second-order valence-corrected chi connectivity index (χ2v) is 3.79. The average molecular weight is 268 g/mol. The molecule has 0 fully saturated rings. The number of anilines is 1. The quantitative estimate of drug-likeness (QED) is 0.716. The Kier molecular flexibility index (Phi) is 3.07. The zero-order chi connectivity index (χ0) is 14.2. The summed E-state index contributed by atoms with van der Waals surface area (Å²) in [6.07, 6.45) is 2.49. The molecule has 0 aliphatic carbocycles. The molecule has 1 heterocycles. The highest BCUT2D eigenvalue weighted by atomic mass is 19.1. The summed E-state index contributed by atoms with van der Waals surface area (Å²) in [7, 11) is 0. The van der Waals surface area contributed by atoms with E-state index < -0.39 is 23.1 Å². The second-order valence-electron chi connectivity index (χ2n) is 3.79. The summed E-state index contributed by atoms with van der Waals surface area (Å²) in [5.74, 6) is -4.71. The van der Waals surface area contributed by atoms with Gasteiger partial charge in [0.05, 0.1) is 18.1 Å². The van der Waals surface area contributed by atoms with E-state index in [9.17, 15) is 13.9 Å². The lowest BCUT2D eigenvalue weighted by molar-refractivity contribution is 0.366. The Labute approximate surface area is 106 Å². The average Bonchev–Trinajstić information content (AvgIpc) is 2.68. The minimum atomic E-state index is -1.45. The van der Waals surface area contributed by atoms with Crippen LogP contribution in [0.4, 0.5) is 14.7 Å². The van der Waals surface area contributed by atoms with Crippen molar-refractivity contribution < 1.29 is 19.0 Å². The lowest BCUT2D eigenvalue weighted by Gasteiger charge is -2.03. The van der Waals surface area contributed by atoms with Crippen LogP contribution in [0.1, 0.15) is 11.3 Å². The van der Waals surface area contributed by atoms with E-state index in [1.165, 1.54) is 10.9 Å². The third kappa shape index (κ3) is 2.32. The van der Waals surface area contributed by atoms with Gasteiger partial charge in [-0.05, 0) is 13.0 Å². The van der Waals surface area contributed by atoms with Gasteiger partial charge in [0, 0.05) is 5.56 Å². The molecule has 8 heteroatoms. The fourth-order valence-corrected chi connectivity index (χ4v) is 1.44. The summed E-state index contributed by atoms with van der Waals surface area (Å²) in [6, 6.07) is 0.747. The Morgan fingerprint density at radius 1 is 1.37 bits per heavy atom. The van der Waals surface area contributed by atoms with Crippen LogP contribution in [-0.2, 0) is 0 Å². The first-order valence-corrected chi connectivity index (χ1v) is 5.16. The van der Waals surface area contributed by atoms with Gasteiger partial charge in [-0.2, -0.15) is 9.49 Å². The van der Waals surface area contributed by atoms with Crippen molar-refractivity contribution in [1.82, 2.24) is 9.66 Å². The van der Waals surface area contributed by atoms with Gasteiger partial charge >= 0.3 is 0 Å². The molecule has 0 radical (unpaired) electrons. The standard InChI is InChI=1S/C11H10F2N4O2/c1-5-4-17(11(14)16-5)15-3-6-2-7(12)10(19)8(13)9(6)18/h2-4,18-19H,1H3,(H2,14,16). The third-order valence-corrected chi connectivity index (χ3v) is 2.35. The molecule has 0 saturated carbocycles. The molecule has 0 unspecified atom stereocenters. The maximum Gasteiger partial charge on any atom is 0.221 e. The first-order chi connectivity index (χ1) is 8.90. The summed E-state index contributed by atoms with van der Waals surface area (Å²) in [4.78, 5) is 3.87. The molecule has 4 N–H and O–H groups in total. The van der Waals surface area contributed by atoms with Crippen LogP contribution in [0.25, 0.3) is 0 Å². The van der Waals surface area contributed by atoms with E-state index in [2.05, 4.69) is 10.1 Å². The number of halogens is 2. The minimum absolute atomic E-state index is 0.0907. The topological polar surface area (TPSA) is 96.7 Å². The van der Waals surface area contributed by atoms with E-state index in [0.29, 0.717) is 5.69 Å². The molecule has 19 heavy (non-hydrogen) atoms. The molecule has 2 rings (SSSR count). The summed E-state index contributed by atoms with van der Waals surface area (Å²) < 4.78 is 27.5. The number of rotatable bonds is 2. The number of hydrogen-bond acceptors (Lipinski definition) is 5. The molecule has 100 valence electrons. The molecule has 0 saturated heterocycles. The number of phenols is 2. The van der Waals surface area contributed by atoms with Crippen LogP contribution in [0.2, 0.25) is 0 Å². The molecular weight excluding hydrogens is 258 g/mol. The molecule has 1 aromatic heterocycles. The van der Waals surface area contributed by atoms with Gasteiger partial charge < -0.3 is 15.9 Å². The van der Waals surface area contributed by atoms with Crippen molar-refractivity contribution in [3.63, 3.8) is 0 Å². The van der Waals surface area contributed by atoms with Gasteiger partial charge in [0.15, 0.2) is 17.3 Å². The molecule has 0 bridgehead atoms. The van der Waals surface area contributed by atoms with Crippen molar-refractivity contribution in [2.24, 2.45) is 5.10 Å². The van der Waals surface area contributed by atoms with Gasteiger partial charge in [-0.25, -0.2) is 14.1 Å². The number of benzene rings is 1. The molecular formula is C11H10F2N4O2. The normalized spacial score (nSPS) is 11.3. The van der Waals surface area contributed by atoms with E-state index >= 15 is 0 Å². The number of aromatic hydroxyl groups is 2. The van der Waals surface area contributed by atoms with Crippen LogP contribution in [0.15, 0.2) is 17.4 Å². The highest BCUT2D eigenvalue weighted by molar-refractivity contribution is 5.84. The summed E-state index contributed by atoms with van der Waals surface area (Å²) >= 11 is 0. The number of phenolic OH excluding ortho intramolecular Hbond substituents is 2. The number of aromatic nitrogens is 2. The predicted molar refractivity (Wildman–Crippen MR) is 64.1 cm³/mol. The largest absolute Gasteiger partial charge is 0.504 e. The van der Waals surface area contributed by atoms with Crippen molar-refractivity contribution in [1.29, 1.82) is 0 Å². The molecule has 2 aromatic rings. The van der Waals surface area contributed by atoms with Crippen LogP contribution in [0.3, 0.4) is 0 Å². The van der Waals surface area contributed by atoms with Gasteiger partial charge in [-0.3, -0.25) is 0 Å². The maximum atomic E-state index is 13.2. The highest BCUT2D eigenvalue weighted by Crippen LogP contribution is 2.30. The fourth-order valence-electron chi connectivity index (χ4n) is 1.44. The molecule has 0 atom stereocenters. The lowest BCUT2D eigenvalue weighted by Crippen LogP contribution is -1.98. The predicted octanol–water partition coefficient (Wildman–Crippen LogP) is 1.35. The van der Waals surface area contributed by atoms with Gasteiger partial charge in [0.25, 0.3) is 0 Å². The van der Waals surface area contributed by atoms with Gasteiger partial charge in [-0.1, -0.05) is 0 Å². The molecule has 0 aliphatic heterocycles. The van der Waals surface area contributed by atoms with E-state index in [1.807, 2.05) is 0 Å². The second kappa shape index (κ2) is 4.56. The van der Waals surface area contributed by atoms with Crippen LogP contribution >= 0.6 is 0 Å². The number of nitrogens with zero attached hydrogens (tertiary/aromatic N) is 3. The Morgan fingerprint density at radius 3 is 2.63 bits per heavy atom. The van der Waals surface area contributed by atoms with E-state index in [1.54, 1.807) is 6.92 Å². The zero-order valence-electron chi connectivity index (χ0n) is 9.80. The van der Waals surface area contributed by atoms with Gasteiger partial charge in [0.2, 0.25) is 11.8 Å². The Morgan fingerprint density at radius 2 is 2.05 bits per heavy atom. The smallest absolute Gasteiger partial charge is 0.221 e. The van der Waals surface area contributed by atoms with Crippen molar-refractivity contribution >= 4 is 12.2 Å². The van der Waals surface area contributed by atoms with Gasteiger partial charge in [0.1, 0.15) is 0 Å². The Bertz CT molecular complexity index is 667. The maximum absolute atomic E-state index is 13.2. The van der Waals surface area contributed by atoms with Crippen molar-refractivity contribution in [2.45, 2.75) is 6.92 Å². The van der Waals surface area contributed by atoms with Crippen molar-refractivity contribution in [3.05, 3.63) is 35.2 Å². The van der Waals surface area contributed by atoms with E-state index in [4.69, 9.17) is 10.8 Å². The summed E-state index contributed by atoms with van der Waals surface area (Å²) in [6.45, 7) is 1.69. The molecule has 6 nitrogen and oxygen atoms in total. The fraction of sp³-hybridized carbons (Fsp3) is 0.0909. The summed E-state index contributed by atoms with van der Waals surface area (Å²) in [5, 5.41) is 22.2. The van der Waals surface area contributed by atoms with E-state index in [0.717, 1.165) is 12.3 Å². The number of aryl methyl sites for hydroxylation is 1. The Hall–Kier alpha value is -2.64. The zero-order valence-corrected chi connectivity index (χ0v) is 9.80.